The number of fused-ring (bicyclic) bond motifs is 2. The molecule has 30 heavy (non-hydrogen) atoms. The second kappa shape index (κ2) is 7.61. The van der Waals surface area contributed by atoms with E-state index in [9.17, 15) is 9.90 Å². The molecule has 0 spiro atoms. The van der Waals surface area contributed by atoms with Crippen molar-refractivity contribution in [1.82, 2.24) is 4.58 Å². The summed E-state index contributed by atoms with van der Waals surface area (Å²) in [5.74, 6) is -0.529. The summed E-state index contributed by atoms with van der Waals surface area (Å²) < 4.78 is 9.08. The molecule has 0 saturated heterocycles. The van der Waals surface area contributed by atoms with Crippen LogP contribution in [0.25, 0.3) is 33.4 Å². The van der Waals surface area contributed by atoms with Gasteiger partial charge in [-0.15, -0.1) is 0 Å². The number of hydrogen-bond acceptors (Lipinski definition) is 4. The SMILES string of the molecule is CN(C)c1ccc2c(-c3cc(Br)ccc3C(=O)[O-])c3ccc(=[N+](C)C)cc-3oc2c1. The van der Waals surface area contributed by atoms with Gasteiger partial charge in [0.05, 0.1) is 12.0 Å². The van der Waals surface area contributed by atoms with E-state index in [1.54, 1.807) is 12.1 Å². The highest BCUT2D eigenvalue weighted by molar-refractivity contribution is 9.10. The summed E-state index contributed by atoms with van der Waals surface area (Å²) in [6, 6.07) is 17.0. The second-order valence-electron chi connectivity index (χ2n) is 7.60. The van der Waals surface area contributed by atoms with Gasteiger partial charge >= 0.3 is 0 Å². The smallest absolute Gasteiger partial charge is 0.203 e. The zero-order valence-electron chi connectivity index (χ0n) is 17.2. The van der Waals surface area contributed by atoms with Crippen molar-refractivity contribution >= 4 is 38.6 Å². The highest BCUT2D eigenvalue weighted by Gasteiger charge is 2.21. The number of nitrogens with zero attached hydrogens (tertiary/aromatic N) is 2. The lowest BCUT2D eigenvalue weighted by Gasteiger charge is -2.20. The maximum Gasteiger partial charge on any atom is 0.203 e. The third-order valence-corrected chi connectivity index (χ3v) is 5.69. The average molecular weight is 465 g/mol. The minimum Gasteiger partial charge on any atom is -0.545 e. The van der Waals surface area contributed by atoms with E-state index in [4.69, 9.17) is 4.42 Å². The van der Waals surface area contributed by atoms with E-state index in [0.717, 1.165) is 32.0 Å². The summed E-state index contributed by atoms with van der Waals surface area (Å²) in [6.45, 7) is 0. The molecule has 4 rings (SSSR count). The molecule has 2 aromatic carbocycles. The van der Waals surface area contributed by atoms with Crippen molar-refractivity contribution in [2.75, 3.05) is 33.1 Å². The number of carbonyl (C=O) groups excluding carboxylic acids is 1. The molecule has 6 heteroatoms. The molecule has 0 aromatic heterocycles. The number of rotatable bonds is 3. The van der Waals surface area contributed by atoms with Crippen LogP contribution in [-0.2, 0) is 0 Å². The van der Waals surface area contributed by atoms with Crippen molar-refractivity contribution in [2.45, 2.75) is 0 Å². The minimum absolute atomic E-state index is 0.139. The van der Waals surface area contributed by atoms with Gasteiger partial charge in [0, 0.05) is 58.5 Å². The molecule has 0 amide bonds. The predicted molar refractivity (Wildman–Crippen MR) is 122 cm³/mol. The van der Waals surface area contributed by atoms with Gasteiger partial charge in [-0.25, -0.2) is 4.58 Å². The Morgan fingerprint density at radius 2 is 1.77 bits per heavy atom. The normalized spacial score (nSPS) is 11.1. The molecular formula is C24H21BrN2O3. The van der Waals surface area contributed by atoms with Crippen LogP contribution >= 0.6 is 15.9 Å². The van der Waals surface area contributed by atoms with E-state index in [-0.39, 0.29) is 5.56 Å². The molecule has 152 valence electrons. The highest BCUT2D eigenvalue weighted by Crippen LogP contribution is 2.42. The molecule has 0 radical (unpaired) electrons. The van der Waals surface area contributed by atoms with Crippen LogP contribution in [0.5, 0.6) is 0 Å². The minimum atomic E-state index is -1.21. The summed E-state index contributed by atoms with van der Waals surface area (Å²) in [6.07, 6.45) is 0. The molecule has 0 unspecified atom stereocenters. The number of anilines is 1. The summed E-state index contributed by atoms with van der Waals surface area (Å²) in [4.78, 5) is 13.9. The number of benzene rings is 3. The quantitative estimate of drug-likeness (QED) is 0.344. The Morgan fingerprint density at radius 3 is 2.43 bits per heavy atom. The van der Waals surface area contributed by atoms with E-state index in [0.29, 0.717) is 16.9 Å². The zero-order valence-corrected chi connectivity index (χ0v) is 18.8. The molecule has 0 fully saturated rings. The van der Waals surface area contributed by atoms with Crippen molar-refractivity contribution in [1.29, 1.82) is 0 Å². The highest BCUT2D eigenvalue weighted by atomic mass is 79.9. The zero-order chi connectivity index (χ0) is 21.6. The van der Waals surface area contributed by atoms with Gasteiger partial charge in [0.1, 0.15) is 25.4 Å². The molecule has 1 aliphatic carbocycles. The summed E-state index contributed by atoms with van der Waals surface area (Å²) in [5.41, 5.74) is 4.05. The second-order valence-corrected chi connectivity index (χ2v) is 8.52. The van der Waals surface area contributed by atoms with Crippen LogP contribution < -0.4 is 19.9 Å². The van der Waals surface area contributed by atoms with Crippen molar-refractivity contribution in [2.24, 2.45) is 0 Å². The molecule has 2 aliphatic rings. The van der Waals surface area contributed by atoms with Gasteiger partial charge in [-0.1, -0.05) is 22.0 Å². The standard InChI is InChI=1S/C24H21BrN2O3/c1-26(2)15-6-9-18-21(12-15)30-22-13-16(27(3)4)7-10-19(22)23(18)20-11-14(25)5-8-17(20)24(28)29/h5-13H,1-4H3. The molecule has 1 heterocycles. The van der Waals surface area contributed by atoms with Crippen molar-refractivity contribution in [3.8, 4) is 22.5 Å². The van der Waals surface area contributed by atoms with Crippen LogP contribution in [0.1, 0.15) is 10.4 Å². The van der Waals surface area contributed by atoms with Gasteiger partial charge in [0.25, 0.3) is 0 Å². The van der Waals surface area contributed by atoms with Crippen LogP contribution in [0, 0.1) is 0 Å². The predicted octanol–water partition coefficient (Wildman–Crippen LogP) is 3.43. The Morgan fingerprint density at radius 1 is 1.00 bits per heavy atom. The van der Waals surface area contributed by atoms with Crippen LogP contribution in [0.3, 0.4) is 0 Å². The first-order valence-electron chi connectivity index (χ1n) is 9.46. The van der Waals surface area contributed by atoms with Crippen molar-refractivity contribution in [3.05, 3.63) is 70.0 Å². The van der Waals surface area contributed by atoms with Crippen LogP contribution in [-0.4, -0.2) is 34.2 Å². The number of aromatic carboxylic acids is 1. The Labute approximate surface area is 183 Å². The average Bonchev–Trinajstić information content (AvgIpc) is 2.70. The van der Waals surface area contributed by atoms with Gasteiger partial charge in [-0.3, -0.25) is 0 Å². The van der Waals surface area contributed by atoms with Gasteiger partial charge in [-0.2, -0.15) is 0 Å². The largest absolute Gasteiger partial charge is 0.545 e. The third kappa shape index (κ3) is 3.48. The van der Waals surface area contributed by atoms with Crippen LogP contribution in [0.2, 0.25) is 0 Å². The molecule has 1 aliphatic heterocycles. The van der Waals surface area contributed by atoms with Gasteiger partial charge < -0.3 is 19.2 Å². The maximum atomic E-state index is 11.9. The lowest BCUT2D eigenvalue weighted by atomic mass is 9.90. The first-order chi connectivity index (χ1) is 14.3. The number of carboxylic acid groups (broad SMARTS) is 1. The summed E-state index contributed by atoms with van der Waals surface area (Å²) in [5, 5.41) is 13.7. The topological polar surface area (TPSA) is 59.5 Å². The van der Waals surface area contributed by atoms with Gasteiger partial charge in [0.2, 0.25) is 5.36 Å². The molecule has 0 N–H and O–H groups in total. The molecule has 0 atom stereocenters. The number of hydrogen-bond donors (Lipinski definition) is 0. The Hall–Kier alpha value is -3.12. The molecular weight excluding hydrogens is 444 g/mol. The third-order valence-electron chi connectivity index (χ3n) is 5.19. The van der Waals surface area contributed by atoms with E-state index in [1.165, 1.54) is 0 Å². The summed E-state index contributed by atoms with van der Waals surface area (Å²) in [7, 11) is 7.87. The van der Waals surface area contributed by atoms with E-state index in [2.05, 4.69) is 15.9 Å². The molecule has 5 nitrogen and oxygen atoms in total. The van der Waals surface area contributed by atoms with Crippen LogP contribution in [0.4, 0.5) is 5.69 Å². The fourth-order valence-electron chi connectivity index (χ4n) is 3.62. The molecule has 0 bridgehead atoms. The van der Waals surface area contributed by atoms with Gasteiger partial charge in [0.15, 0.2) is 0 Å². The summed E-state index contributed by atoms with van der Waals surface area (Å²) >= 11 is 3.48. The van der Waals surface area contributed by atoms with Crippen molar-refractivity contribution < 1.29 is 14.3 Å². The fourth-order valence-corrected chi connectivity index (χ4v) is 3.98. The lowest BCUT2D eigenvalue weighted by molar-refractivity contribution is -0.254. The van der Waals surface area contributed by atoms with E-state index in [1.807, 2.05) is 80.1 Å². The Kier molecular flexibility index (Phi) is 5.12. The molecule has 0 saturated carbocycles. The monoisotopic (exact) mass is 464 g/mol. The lowest BCUT2D eigenvalue weighted by Crippen LogP contribution is -2.23. The van der Waals surface area contributed by atoms with Crippen LogP contribution in [0.15, 0.2) is 63.5 Å². The van der Waals surface area contributed by atoms with Crippen molar-refractivity contribution in [3.63, 3.8) is 0 Å². The van der Waals surface area contributed by atoms with E-state index < -0.39 is 5.97 Å². The maximum absolute atomic E-state index is 11.9. The Balaban J connectivity index is 2.21. The first kappa shape index (κ1) is 20.2. The Bertz CT molecular complexity index is 1330. The first-order valence-corrected chi connectivity index (χ1v) is 10.2. The van der Waals surface area contributed by atoms with Gasteiger partial charge in [-0.05, 0) is 35.9 Å². The van der Waals surface area contributed by atoms with E-state index >= 15 is 0 Å². The number of carbonyl (C=O) groups is 1. The number of halogens is 1. The number of carboxylic acids is 1. The molecule has 2 aromatic rings. The fraction of sp³-hybridized carbons (Fsp3) is 0.167.